The van der Waals surface area contributed by atoms with Crippen LogP contribution >= 0.6 is 23.2 Å². The topological polar surface area (TPSA) is 240 Å². The van der Waals surface area contributed by atoms with E-state index in [4.69, 9.17) is 52.0 Å². The highest BCUT2D eigenvalue weighted by Crippen LogP contribution is 2.46. The SMILES string of the molecule is CN(C)c1ccc(-c2nc(-c3cc(Cl)c(O)c(Cl)c3)[nH]c2-c2ccc(N(C)C)cc2)cc1.CNC(=O)c1cc(N(C)C)ccc1-c1[nH]c(-c2cc(C)c(O)c(C)c2)nc1-c1ccc(N(C)C)cc1.COc1cc(-c2nc(-c3ccc(N(C)C)cc3NC(C)=O)c(-c3ccc(N(C)C)cc3)o2)cc(OC)c1O. The number of methoxy groups -OCH3 is 2. The van der Waals surface area contributed by atoms with Gasteiger partial charge in [-0.15, -0.1) is 0 Å². The van der Waals surface area contributed by atoms with Crippen molar-refractivity contribution in [3.8, 4) is 131 Å². The predicted octanol–water partition coefficient (Wildman–Crippen LogP) is 17.3. The van der Waals surface area contributed by atoms with E-state index in [1.807, 2.05) is 203 Å². The number of H-pyrrole nitrogens is 2. The number of carbonyl (C=O) groups excluding carboxylic acids is 2. The van der Waals surface area contributed by atoms with E-state index in [1.165, 1.54) is 21.1 Å². The van der Waals surface area contributed by atoms with Gasteiger partial charge in [-0.1, -0.05) is 59.6 Å². The molecule has 21 nitrogen and oxygen atoms in total. The summed E-state index contributed by atoms with van der Waals surface area (Å²) in [7, 11) is 28.3. The Balaban J connectivity index is 0.000000171. The van der Waals surface area contributed by atoms with Crippen molar-refractivity contribution in [2.24, 2.45) is 0 Å². The maximum Gasteiger partial charge on any atom is 0.251 e. The Bertz CT molecular complexity index is 5000. The molecule has 106 heavy (non-hydrogen) atoms. The van der Waals surface area contributed by atoms with Gasteiger partial charge in [-0.25, -0.2) is 15.0 Å². The molecule has 0 atom stereocenters. The zero-order valence-corrected chi connectivity index (χ0v) is 64.3. The molecule has 0 aliphatic carbocycles. The molecule has 0 aliphatic heterocycles. The number of ether oxygens (including phenoxy) is 2. The lowest BCUT2D eigenvalue weighted by Crippen LogP contribution is -2.20. The van der Waals surface area contributed by atoms with E-state index in [0.29, 0.717) is 56.9 Å². The molecule has 0 radical (unpaired) electrons. The van der Waals surface area contributed by atoms with E-state index in [-0.39, 0.29) is 50.6 Å². The maximum atomic E-state index is 13.0. The molecule has 9 aromatic carbocycles. The first-order valence-corrected chi connectivity index (χ1v) is 34.6. The molecule has 0 saturated heterocycles. The second-order valence-electron chi connectivity index (χ2n) is 26.6. The summed E-state index contributed by atoms with van der Waals surface area (Å²) < 4.78 is 17.0. The van der Waals surface area contributed by atoms with Crippen LogP contribution in [-0.4, -0.2) is 158 Å². The standard InChI is InChI=1S/C29H33N5O2.C29H32N4O5.C25H24Cl2N4O/c1-17-14-20(15-18(2)27(17)35)28-31-25(19-8-10-21(11-9-19)33(4)5)26(32-28)23-13-12-22(34(6)7)16-24(23)29(36)30-3;1-17(34)30-23-16-21(33(4)5)12-13-22(23)26-28(18-8-10-20(11-9-18)32(2)3)38-29(31-26)19-14-24(36-6)27(35)25(15-19)37-7;1-30(2)18-9-5-15(6-10-18)22-23(16-7-11-19(12-8-16)31(3)4)29-25(28-22)17-13-20(26)24(32)21(27)14-17/h8-16,35H,1-7H3,(H,30,36)(H,31,32);8-16,35H,1-7H3,(H,30,34);5-14,32H,1-4H3,(H,28,29). The molecule has 12 rings (SSSR count). The van der Waals surface area contributed by atoms with E-state index in [2.05, 4.69) is 91.1 Å². The number of benzene rings is 9. The third-order valence-electron chi connectivity index (χ3n) is 17.8. The number of aromatic amines is 2. The number of amides is 2. The zero-order chi connectivity index (χ0) is 76.7. The van der Waals surface area contributed by atoms with Crippen molar-refractivity contribution < 1.29 is 38.8 Å². The molecule has 0 fully saturated rings. The van der Waals surface area contributed by atoms with Crippen LogP contribution in [-0.2, 0) is 4.79 Å². The number of aryl methyl sites for hydroxylation is 2. The molecule has 0 aliphatic rings. The van der Waals surface area contributed by atoms with Crippen molar-refractivity contribution in [1.82, 2.24) is 30.2 Å². The minimum atomic E-state index is -0.198. The Morgan fingerprint density at radius 1 is 0.434 bits per heavy atom. The molecular weight excluding hydrogens is 1380 g/mol. The Labute approximate surface area is 628 Å². The normalized spacial score (nSPS) is 10.8. The number of aromatic hydroxyl groups is 3. The van der Waals surface area contributed by atoms with Crippen molar-refractivity contribution in [3.05, 3.63) is 197 Å². The molecule has 3 heterocycles. The number of phenols is 3. The van der Waals surface area contributed by atoms with E-state index in [0.717, 1.165) is 101 Å². The van der Waals surface area contributed by atoms with Crippen LogP contribution in [0.1, 0.15) is 28.4 Å². The molecule has 0 bridgehead atoms. The Morgan fingerprint density at radius 2 is 0.830 bits per heavy atom. The molecule has 12 aromatic rings. The van der Waals surface area contributed by atoms with Gasteiger partial charge in [0, 0.05) is 183 Å². The largest absolute Gasteiger partial charge is 0.507 e. The first-order chi connectivity index (χ1) is 50.5. The number of imidazole rings is 2. The third-order valence-corrected chi connectivity index (χ3v) is 18.4. The summed E-state index contributed by atoms with van der Waals surface area (Å²) in [5.41, 5.74) is 20.0. The number of carbonyl (C=O) groups is 2. The third kappa shape index (κ3) is 16.9. The summed E-state index contributed by atoms with van der Waals surface area (Å²) in [5, 5.41) is 36.7. The van der Waals surface area contributed by atoms with Crippen molar-refractivity contribution in [2.45, 2.75) is 20.8 Å². The average Bonchev–Trinajstić information content (AvgIpc) is 1.62. The van der Waals surface area contributed by atoms with Gasteiger partial charge in [0.05, 0.1) is 58.3 Å². The molecule has 0 unspecified atom stereocenters. The van der Waals surface area contributed by atoms with Gasteiger partial charge >= 0.3 is 0 Å². The van der Waals surface area contributed by atoms with Crippen molar-refractivity contribution >= 4 is 74.8 Å². The number of aromatic nitrogens is 5. The summed E-state index contributed by atoms with van der Waals surface area (Å²) in [6.07, 6.45) is 0. The highest BCUT2D eigenvalue weighted by atomic mass is 35.5. The van der Waals surface area contributed by atoms with E-state index in [1.54, 1.807) is 31.3 Å². The fraction of sp³-hybridized carbons (Fsp3) is 0.217. The predicted molar refractivity (Wildman–Crippen MR) is 434 cm³/mol. The van der Waals surface area contributed by atoms with Crippen LogP contribution in [0.4, 0.5) is 39.8 Å². The van der Waals surface area contributed by atoms with Gasteiger partial charge in [0.2, 0.25) is 17.5 Å². The van der Waals surface area contributed by atoms with Crippen molar-refractivity contribution in [3.63, 3.8) is 0 Å². The quantitative estimate of drug-likeness (QED) is 0.0398. The van der Waals surface area contributed by atoms with E-state index < -0.39 is 0 Å². The van der Waals surface area contributed by atoms with Gasteiger partial charge in [0.25, 0.3) is 5.91 Å². The maximum absolute atomic E-state index is 13.0. The molecular formula is C83H89Cl2N13O8. The average molecular weight is 1470 g/mol. The van der Waals surface area contributed by atoms with Crippen LogP contribution < -0.4 is 49.5 Å². The lowest BCUT2D eigenvalue weighted by atomic mass is 9.98. The Morgan fingerprint density at radius 3 is 1.26 bits per heavy atom. The second kappa shape index (κ2) is 32.7. The van der Waals surface area contributed by atoms with Crippen molar-refractivity contribution in [1.29, 1.82) is 0 Å². The minimum absolute atomic E-state index is 0.114. The monoisotopic (exact) mass is 1470 g/mol. The van der Waals surface area contributed by atoms with Crippen LogP contribution in [0.5, 0.6) is 28.7 Å². The fourth-order valence-corrected chi connectivity index (χ4v) is 12.3. The zero-order valence-electron chi connectivity index (χ0n) is 62.8. The summed E-state index contributed by atoms with van der Waals surface area (Å²) in [4.78, 5) is 58.9. The number of halogens is 2. The van der Waals surface area contributed by atoms with Crippen LogP contribution in [0.3, 0.4) is 0 Å². The highest BCUT2D eigenvalue weighted by molar-refractivity contribution is 6.37. The Hall–Kier alpha value is -12.1. The highest BCUT2D eigenvalue weighted by Gasteiger charge is 2.26. The summed E-state index contributed by atoms with van der Waals surface area (Å²) in [6.45, 7) is 5.22. The van der Waals surface area contributed by atoms with Crippen LogP contribution in [0.15, 0.2) is 174 Å². The molecule has 0 spiro atoms. The lowest BCUT2D eigenvalue weighted by Gasteiger charge is -2.17. The number of phenolic OH excluding ortho intramolecular Hbond substituents is 3. The van der Waals surface area contributed by atoms with Gasteiger partial charge in [0.15, 0.2) is 23.0 Å². The molecule has 548 valence electrons. The first-order valence-electron chi connectivity index (χ1n) is 33.9. The number of oxazole rings is 1. The number of hydrogen-bond acceptors (Lipinski definition) is 17. The summed E-state index contributed by atoms with van der Waals surface area (Å²) in [6, 6.07) is 54.7. The van der Waals surface area contributed by atoms with Gasteiger partial charge in [-0.2, -0.15) is 0 Å². The molecule has 2 amide bonds. The van der Waals surface area contributed by atoms with Gasteiger partial charge in [0.1, 0.15) is 23.1 Å². The molecule has 0 saturated carbocycles. The summed E-state index contributed by atoms with van der Waals surface area (Å²) in [5.74, 6) is 2.23. The van der Waals surface area contributed by atoms with E-state index >= 15 is 0 Å². The molecule has 3 aromatic heterocycles. The van der Waals surface area contributed by atoms with E-state index in [9.17, 15) is 24.9 Å². The number of rotatable bonds is 19. The van der Waals surface area contributed by atoms with Gasteiger partial charge < -0.3 is 79.2 Å². The minimum Gasteiger partial charge on any atom is -0.507 e. The fourth-order valence-electron chi connectivity index (χ4n) is 11.8. The van der Waals surface area contributed by atoms with Crippen molar-refractivity contribution in [2.75, 3.05) is 141 Å². The first kappa shape index (κ1) is 76.6. The van der Waals surface area contributed by atoms with Crippen LogP contribution in [0.25, 0.3) is 102 Å². The Kier molecular flexibility index (Phi) is 23.6. The summed E-state index contributed by atoms with van der Waals surface area (Å²) >= 11 is 12.3. The number of nitrogens with one attached hydrogen (secondary N) is 4. The van der Waals surface area contributed by atoms with Crippen LogP contribution in [0, 0.1) is 13.8 Å². The number of hydrogen-bond donors (Lipinski definition) is 7. The molecule has 23 heteroatoms. The van der Waals surface area contributed by atoms with Gasteiger partial charge in [-0.3, -0.25) is 9.59 Å². The van der Waals surface area contributed by atoms with Crippen LogP contribution in [0.2, 0.25) is 10.0 Å². The number of anilines is 7. The van der Waals surface area contributed by atoms with Gasteiger partial charge in [-0.05, 0) is 158 Å². The lowest BCUT2D eigenvalue weighted by molar-refractivity contribution is -0.114. The molecule has 7 N–H and O–H groups in total. The second-order valence-corrected chi connectivity index (χ2v) is 27.4. The number of nitrogens with zero attached hydrogens (tertiary/aromatic N) is 9. The smallest absolute Gasteiger partial charge is 0.251 e.